The fourth-order valence-corrected chi connectivity index (χ4v) is 1.31. The fourth-order valence-electron chi connectivity index (χ4n) is 1.31. The minimum Gasteiger partial charge on any atom is -0.488 e. The number of hydrogen-bond acceptors (Lipinski definition) is 1. The lowest BCUT2D eigenvalue weighted by Crippen LogP contribution is -1.94. The first-order chi connectivity index (χ1) is 7.34. The minimum atomic E-state index is 0.598. The molecule has 0 unspecified atom stereocenters. The van der Waals surface area contributed by atoms with Gasteiger partial charge in [0, 0.05) is 6.07 Å². The van der Waals surface area contributed by atoms with Crippen molar-refractivity contribution in [3.63, 3.8) is 0 Å². The zero-order valence-electron chi connectivity index (χ0n) is 8.73. The normalized spacial score (nSPS) is 9.93. The van der Waals surface area contributed by atoms with Crippen molar-refractivity contribution in [2.45, 2.75) is 13.5 Å². The summed E-state index contributed by atoms with van der Waals surface area (Å²) in [6.45, 7) is 2.64. The quantitative estimate of drug-likeness (QED) is 0.733. The number of hydrogen-bond donors (Lipinski definition) is 0. The number of aryl methyl sites for hydroxylation is 1. The molecule has 0 atom stereocenters. The van der Waals surface area contributed by atoms with Gasteiger partial charge < -0.3 is 4.74 Å². The van der Waals surface area contributed by atoms with Crippen LogP contribution in [0.5, 0.6) is 5.75 Å². The predicted octanol–water partition coefficient (Wildman–Crippen LogP) is 3.37. The van der Waals surface area contributed by atoms with Crippen LogP contribution in [-0.2, 0) is 6.61 Å². The van der Waals surface area contributed by atoms with Gasteiger partial charge in [-0.15, -0.1) is 0 Å². The van der Waals surface area contributed by atoms with Crippen molar-refractivity contribution < 1.29 is 4.74 Å². The molecule has 0 aliphatic rings. The van der Waals surface area contributed by atoms with Crippen LogP contribution < -0.4 is 4.74 Å². The summed E-state index contributed by atoms with van der Waals surface area (Å²) in [6.07, 6.45) is 0. The van der Waals surface area contributed by atoms with E-state index in [1.54, 1.807) is 0 Å². The van der Waals surface area contributed by atoms with Gasteiger partial charge in [0.05, 0.1) is 0 Å². The highest BCUT2D eigenvalue weighted by Crippen LogP contribution is 2.12. The Labute approximate surface area is 90.3 Å². The topological polar surface area (TPSA) is 9.23 Å². The summed E-state index contributed by atoms with van der Waals surface area (Å²) in [5.41, 5.74) is 2.37. The van der Waals surface area contributed by atoms with Crippen LogP contribution in [0.1, 0.15) is 11.1 Å². The lowest BCUT2D eigenvalue weighted by atomic mass is 10.2. The van der Waals surface area contributed by atoms with Crippen LogP contribution in [-0.4, -0.2) is 0 Å². The lowest BCUT2D eigenvalue weighted by molar-refractivity contribution is 0.305. The van der Waals surface area contributed by atoms with E-state index in [2.05, 4.69) is 6.07 Å². The summed E-state index contributed by atoms with van der Waals surface area (Å²) in [6, 6.07) is 19.1. The summed E-state index contributed by atoms with van der Waals surface area (Å²) in [5.74, 6) is 0.796. The molecule has 1 radical (unpaired) electrons. The highest BCUT2D eigenvalue weighted by molar-refractivity contribution is 5.25. The number of rotatable bonds is 3. The van der Waals surface area contributed by atoms with Gasteiger partial charge in [-0.25, -0.2) is 0 Å². The average Bonchev–Trinajstić information content (AvgIpc) is 2.30. The van der Waals surface area contributed by atoms with Crippen molar-refractivity contribution in [3.8, 4) is 5.75 Å². The molecule has 0 heterocycles. The maximum Gasteiger partial charge on any atom is 0.127 e. The average molecular weight is 197 g/mol. The van der Waals surface area contributed by atoms with Gasteiger partial charge in [0.25, 0.3) is 0 Å². The molecule has 75 valence electrons. The van der Waals surface area contributed by atoms with Crippen LogP contribution in [0.2, 0.25) is 0 Å². The van der Waals surface area contributed by atoms with Gasteiger partial charge in [0.2, 0.25) is 0 Å². The van der Waals surface area contributed by atoms with E-state index in [1.807, 2.05) is 55.5 Å². The van der Waals surface area contributed by atoms with Gasteiger partial charge in [-0.2, -0.15) is 0 Å². The maximum absolute atomic E-state index is 5.59. The van der Waals surface area contributed by atoms with E-state index < -0.39 is 0 Å². The molecule has 0 bridgehead atoms. The third-order valence-corrected chi connectivity index (χ3v) is 2.18. The Balaban J connectivity index is 1.96. The van der Waals surface area contributed by atoms with Gasteiger partial charge in [-0.1, -0.05) is 42.0 Å². The van der Waals surface area contributed by atoms with Crippen LogP contribution in [0, 0.1) is 13.0 Å². The van der Waals surface area contributed by atoms with Gasteiger partial charge in [-0.05, 0) is 24.6 Å². The molecule has 0 spiro atoms. The SMILES string of the molecule is Cc1c[c]c(OCc2ccccc2)cc1. The predicted molar refractivity (Wildman–Crippen MR) is 60.8 cm³/mol. The van der Waals surface area contributed by atoms with Crippen LogP contribution in [0.3, 0.4) is 0 Å². The molecular formula is C14H13O. The first-order valence-corrected chi connectivity index (χ1v) is 5.00. The highest BCUT2D eigenvalue weighted by atomic mass is 16.5. The van der Waals surface area contributed by atoms with E-state index in [0.717, 1.165) is 5.75 Å². The molecule has 1 nitrogen and oxygen atoms in total. The molecule has 2 aromatic rings. The molecule has 0 aromatic heterocycles. The van der Waals surface area contributed by atoms with E-state index in [1.165, 1.54) is 11.1 Å². The van der Waals surface area contributed by atoms with Crippen molar-refractivity contribution in [1.82, 2.24) is 0 Å². The van der Waals surface area contributed by atoms with Crippen LogP contribution in [0.15, 0.2) is 48.5 Å². The molecule has 0 fully saturated rings. The molecule has 2 rings (SSSR count). The van der Waals surface area contributed by atoms with Crippen LogP contribution in [0.4, 0.5) is 0 Å². The third-order valence-electron chi connectivity index (χ3n) is 2.18. The molecule has 0 aliphatic carbocycles. The van der Waals surface area contributed by atoms with E-state index in [4.69, 9.17) is 4.74 Å². The summed E-state index contributed by atoms with van der Waals surface area (Å²) >= 11 is 0. The number of benzene rings is 2. The Morgan fingerprint density at radius 1 is 1.07 bits per heavy atom. The fraction of sp³-hybridized carbons (Fsp3) is 0.143. The van der Waals surface area contributed by atoms with Crippen molar-refractivity contribution >= 4 is 0 Å². The van der Waals surface area contributed by atoms with Crippen molar-refractivity contribution in [2.24, 2.45) is 0 Å². The molecule has 0 saturated heterocycles. The molecule has 2 aromatic carbocycles. The minimum absolute atomic E-state index is 0.598. The Kier molecular flexibility index (Phi) is 3.03. The van der Waals surface area contributed by atoms with Crippen molar-refractivity contribution in [2.75, 3.05) is 0 Å². The first-order valence-electron chi connectivity index (χ1n) is 5.00. The van der Waals surface area contributed by atoms with E-state index in [0.29, 0.717) is 6.61 Å². The molecule has 15 heavy (non-hydrogen) atoms. The molecular weight excluding hydrogens is 184 g/mol. The van der Waals surface area contributed by atoms with Crippen LogP contribution in [0.25, 0.3) is 0 Å². The van der Waals surface area contributed by atoms with E-state index >= 15 is 0 Å². The molecule has 0 amide bonds. The van der Waals surface area contributed by atoms with Crippen LogP contribution >= 0.6 is 0 Å². The summed E-state index contributed by atoms with van der Waals surface area (Å²) in [5, 5.41) is 0. The van der Waals surface area contributed by atoms with Gasteiger partial charge in [0.1, 0.15) is 12.4 Å². The zero-order valence-corrected chi connectivity index (χ0v) is 8.73. The monoisotopic (exact) mass is 197 g/mol. The second-order valence-electron chi connectivity index (χ2n) is 3.50. The largest absolute Gasteiger partial charge is 0.488 e. The summed E-state index contributed by atoms with van der Waals surface area (Å²) in [4.78, 5) is 0. The standard InChI is InChI=1S/C14H13O/c1-12-7-9-14(10-8-12)15-11-13-5-3-2-4-6-13/h2-9H,11H2,1H3. The smallest absolute Gasteiger partial charge is 0.127 e. The number of ether oxygens (including phenoxy) is 1. The Morgan fingerprint density at radius 2 is 1.87 bits per heavy atom. The van der Waals surface area contributed by atoms with Crippen molar-refractivity contribution in [3.05, 3.63) is 65.7 Å². The zero-order chi connectivity index (χ0) is 10.5. The van der Waals surface area contributed by atoms with E-state index in [9.17, 15) is 0 Å². The molecule has 0 saturated carbocycles. The molecule has 0 aliphatic heterocycles. The summed E-state index contributed by atoms with van der Waals surface area (Å²) < 4.78 is 5.59. The third kappa shape index (κ3) is 2.84. The summed E-state index contributed by atoms with van der Waals surface area (Å²) in [7, 11) is 0. The Hall–Kier alpha value is -1.76. The highest BCUT2D eigenvalue weighted by Gasteiger charge is 1.94. The van der Waals surface area contributed by atoms with Gasteiger partial charge >= 0.3 is 0 Å². The first kappa shape index (κ1) is 9.78. The second kappa shape index (κ2) is 4.65. The molecule has 1 heteroatoms. The maximum atomic E-state index is 5.59. The Morgan fingerprint density at radius 3 is 2.53 bits per heavy atom. The Bertz CT molecular complexity index is 403. The van der Waals surface area contributed by atoms with Gasteiger partial charge in [-0.3, -0.25) is 0 Å². The lowest BCUT2D eigenvalue weighted by Gasteiger charge is -2.05. The van der Waals surface area contributed by atoms with E-state index in [-0.39, 0.29) is 0 Å². The van der Waals surface area contributed by atoms with Crippen molar-refractivity contribution in [1.29, 1.82) is 0 Å². The second-order valence-corrected chi connectivity index (χ2v) is 3.50. The van der Waals surface area contributed by atoms with Gasteiger partial charge in [0.15, 0.2) is 0 Å². The molecule has 0 N–H and O–H groups in total.